The van der Waals surface area contributed by atoms with Crippen molar-refractivity contribution in [2.24, 2.45) is 11.7 Å². The van der Waals surface area contributed by atoms with Gasteiger partial charge in [0.15, 0.2) is 0 Å². The van der Waals surface area contributed by atoms with Crippen LogP contribution in [0.2, 0.25) is 5.02 Å². The highest BCUT2D eigenvalue weighted by Crippen LogP contribution is 2.39. The molecule has 0 spiro atoms. The van der Waals surface area contributed by atoms with Crippen LogP contribution in [0.5, 0.6) is 0 Å². The number of benzene rings is 3. The summed E-state index contributed by atoms with van der Waals surface area (Å²) in [6.45, 7) is 1.84. The van der Waals surface area contributed by atoms with Crippen LogP contribution in [0.3, 0.4) is 0 Å². The molecule has 6 atom stereocenters. The largest absolute Gasteiger partial charge is 0.359 e. The Hall–Kier alpha value is -4.21. The van der Waals surface area contributed by atoms with Crippen LogP contribution < -0.4 is 21.7 Å². The molecule has 0 radical (unpaired) electrons. The maximum absolute atomic E-state index is 14.1. The number of nitrogens with two attached hydrogens (primary N) is 1. The molecule has 224 valence electrons. The second-order valence-electron chi connectivity index (χ2n) is 11.2. The highest BCUT2D eigenvalue weighted by Gasteiger charge is 2.50. The van der Waals surface area contributed by atoms with E-state index in [1.165, 1.54) is 4.90 Å². The molecular formula is C33H36ClN5O4. The molecule has 2 unspecified atom stereocenters. The van der Waals surface area contributed by atoms with Gasteiger partial charge in [-0.15, -0.1) is 0 Å². The molecule has 0 saturated carbocycles. The van der Waals surface area contributed by atoms with Gasteiger partial charge >= 0.3 is 0 Å². The zero-order chi connectivity index (χ0) is 30.7. The number of hydrogen-bond donors (Lipinski definition) is 4. The summed E-state index contributed by atoms with van der Waals surface area (Å²) in [6.07, 6.45) is 0.675. The molecule has 3 aromatic rings. The lowest BCUT2D eigenvalue weighted by Crippen LogP contribution is -2.67. The smallest absolute Gasteiger partial charge is 0.246 e. The second-order valence-corrected chi connectivity index (χ2v) is 11.7. The highest BCUT2D eigenvalue weighted by molar-refractivity contribution is 6.30. The average Bonchev–Trinajstić information content (AvgIpc) is 3.34. The molecule has 1 fully saturated rings. The van der Waals surface area contributed by atoms with E-state index in [4.69, 9.17) is 17.3 Å². The predicted octanol–water partition coefficient (Wildman–Crippen LogP) is 2.48. The Labute approximate surface area is 256 Å². The Morgan fingerprint density at radius 1 is 0.977 bits per heavy atom. The zero-order valence-corrected chi connectivity index (χ0v) is 24.9. The minimum absolute atomic E-state index is 0.164. The molecule has 1 aliphatic carbocycles. The Morgan fingerprint density at radius 3 is 2.40 bits per heavy atom. The SMILES string of the molecule is CNC(=O)[C@@H]1Cc2ccccc2[C@@H]1NC(=O)C1C(c2ccccc2)CN1C(=O)[C@H](Cc1cccc(Cl)c1)NC(=O)[C@H](C)N. The third-order valence-electron chi connectivity index (χ3n) is 8.36. The van der Waals surface area contributed by atoms with Crippen molar-refractivity contribution in [3.05, 3.63) is 106 Å². The third kappa shape index (κ3) is 6.43. The number of carbonyl (C=O) groups is 4. The minimum Gasteiger partial charge on any atom is -0.359 e. The number of fused-ring (bicyclic) bond motifs is 1. The molecule has 10 heteroatoms. The lowest BCUT2D eigenvalue weighted by Gasteiger charge is -2.48. The van der Waals surface area contributed by atoms with Crippen molar-refractivity contribution in [3.8, 4) is 0 Å². The van der Waals surface area contributed by atoms with E-state index in [-0.39, 0.29) is 24.2 Å². The summed E-state index contributed by atoms with van der Waals surface area (Å²) < 4.78 is 0. The molecular weight excluding hydrogens is 566 g/mol. The Balaban J connectivity index is 1.45. The summed E-state index contributed by atoms with van der Waals surface area (Å²) in [4.78, 5) is 55.3. The monoisotopic (exact) mass is 601 g/mol. The molecule has 9 nitrogen and oxygen atoms in total. The van der Waals surface area contributed by atoms with Crippen LogP contribution in [0.1, 0.15) is 41.1 Å². The van der Waals surface area contributed by atoms with Crippen molar-refractivity contribution in [3.63, 3.8) is 0 Å². The van der Waals surface area contributed by atoms with Gasteiger partial charge in [-0.25, -0.2) is 0 Å². The van der Waals surface area contributed by atoms with Crippen molar-refractivity contribution >= 4 is 35.2 Å². The van der Waals surface area contributed by atoms with Gasteiger partial charge in [-0.2, -0.15) is 0 Å². The van der Waals surface area contributed by atoms with E-state index in [0.717, 1.165) is 22.3 Å². The van der Waals surface area contributed by atoms with Gasteiger partial charge in [0.2, 0.25) is 23.6 Å². The van der Waals surface area contributed by atoms with Crippen LogP contribution in [0, 0.1) is 5.92 Å². The highest BCUT2D eigenvalue weighted by atomic mass is 35.5. The fourth-order valence-electron chi connectivity index (χ4n) is 6.09. The van der Waals surface area contributed by atoms with Gasteiger partial charge in [0.05, 0.1) is 18.0 Å². The number of likely N-dealkylation sites (tertiary alicyclic amines) is 1. The molecule has 3 aromatic carbocycles. The predicted molar refractivity (Wildman–Crippen MR) is 164 cm³/mol. The van der Waals surface area contributed by atoms with E-state index in [1.807, 2.05) is 60.7 Å². The van der Waals surface area contributed by atoms with Crippen LogP contribution in [0.15, 0.2) is 78.9 Å². The lowest BCUT2D eigenvalue weighted by molar-refractivity contribution is -0.152. The van der Waals surface area contributed by atoms with E-state index >= 15 is 0 Å². The maximum Gasteiger partial charge on any atom is 0.246 e. The number of amides is 4. The van der Waals surface area contributed by atoms with Crippen molar-refractivity contribution in [2.75, 3.05) is 13.6 Å². The summed E-state index contributed by atoms with van der Waals surface area (Å²) >= 11 is 6.19. The first-order valence-corrected chi connectivity index (χ1v) is 14.8. The van der Waals surface area contributed by atoms with E-state index < -0.39 is 41.9 Å². The molecule has 4 amide bonds. The molecule has 1 heterocycles. The van der Waals surface area contributed by atoms with E-state index in [1.54, 1.807) is 32.2 Å². The van der Waals surface area contributed by atoms with Gasteiger partial charge in [0.1, 0.15) is 12.1 Å². The number of nitrogens with zero attached hydrogens (tertiary/aromatic N) is 1. The first kappa shape index (κ1) is 30.3. The minimum atomic E-state index is -0.963. The van der Waals surface area contributed by atoms with E-state index in [9.17, 15) is 19.2 Å². The Bertz CT molecular complexity index is 1510. The quantitative estimate of drug-likeness (QED) is 0.299. The van der Waals surface area contributed by atoms with Crippen LogP contribution in [0.25, 0.3) is 0 Å². The number of hydrogen-bond acceptors (Lipinski definition) is 5. The molecule has 1 saturated heterocycles. The van der Waals surface area contributed by atoms with E-state index in [2.05, 4.69) is 16.0 Å². The van der Waals surface area contributed by atoms with Gasteiger partial charge in [-0.3, -0.25) is 19.2 Å². The lowest BCUT2D eigenvalue weighted by atomic mass is 9.80. The van der Waals surface area contributed by atoms with Crippen LogP contribution in [0.4, 0.5) is 0 Å². The molecule has 0 bridgehead atoms. The number of nitrogens with one attached hydrogen (secondary N) is 3. The summed E-state index contributed by atoms with van der Waals surface area (Å²) in [5.74, 6) is -2.14. The summed E-state index contributed by atoms with van der Waals surface area (Å²) in [7, 11) is 1.58. The van der Waals surface area contributed by atoms with Gasteiger partial charge in [0.25, 0.3) is 0 Å². The number of halogens is 1. The summed E-state index contributed by atoms with van der Waals surface area (Å²) in [5.41, 5.74) is 9.40. The van der Waals surface area contributed by atoms with Gasteiger partial charge in [-0.05, 0) is 47.7 Å². The fourth-order valence-corrected chi connectivity index (χ4v) is 6.30. The standard InChI is InChI=1S/C33H36ClN5O4/c1-19(35)30(40)37-27(16-20-9-8-13-23(34)15-20)33(43)39-18-26(21-10-4-3-5-11-21)29(39)32(42)38-28-24-14-7-6-12-22(24)17-25(28)31(41)36-2/h3-15,19,25-29H,16-18,35H2,1-2H3,(H,36,41)(H,37,40)(H,38,42)/t19-,25+,26?,27-,28-,29?/m0/s1. The molecule has 5 N–H and O–H groups in total. The normalized spacial score (nSPS) is 22.0. The molecule has 1 aliphatic heterocycles. The Morgan fingerprint density at radius 2 is 1.70 bits per heavy atom. The van der Waals surface area contributed by atoms with Crippen LogP contribution in [-0.2, 0) is 32.0 Å². The van der Waals surface area contributed by atoms with E-state index in [0.29, 0.717) is 18.0 Å². The molecule has 43 heavy (non-hydrogen) atoms. The van der Waals surface area contributed by atoms with Crippen molar-refractivity contribution in [1.29, 1.82) is 0 Å². The molecule has 5 rings (SSSR count). The summed E-state index contributed by atoms with van der Waals surface area (Å²) in [6, 6.07) is 21.1. The average molecular weight is 602 g/mol. The van der Waals surface area contributed by atoms with Crippen molar-refractivity contribution < 1.29 is 19.2 Å². The number of carbonyl (C=O) groups excluding carboxylic acids is 4. The molecule has 2 aliphatic rings. The molecule has 0 aromatic heterocycles. The van der Waals surface area contributed by atoms with Gasteiger partial charge in [0, 0.05) is 31.0 Å². The maximum atomic E-state index is 14.1. The van der Waals surface area contributed by atoms with Gasteiger partial charge in [-0.1, -0.05) is 78.3 Å². The first-order valence-electron chi connectivity index (χ1n) is 14.4. The number of rotatable bonds is 9. The topological polar surface area (TPSA) is 134 Å². The van der Waals surface area contributed by atoms with Gasteiger partial charge < -0.3 is 26.6 Å². The van der Waals surface area contributed by atoms with Crippen LogP contribution >= 0.6 is 11.6 Å². The van der Waals surface area contributed by atoms with Crippen molar-refractivity contribution in [1.82, 2.24) is 20.9 Å². The fraction of sp³-hybridized carbons (Fsp3) is 0.333. The Kier molecular flexibility index (Phi) is 9.13. The van der Waals surface area contributed by atoms with Crippen LogP contribution in [-0.4, -0.2) is 60.2 Å². The third-order valence-corrected chi connectivity index (χ3v) is 8.60. The zero-order valence-electron chi connectivity index (χ0n) is 24.1. The summed E-state index contributed by atoms with van der Waals surface area (Å²) in [5, 5.41) is 9.13. The van der Waals surface area contributed by atoms with Crippen molar-refractivity contribution in [2.45, 2.75) is 49.9 Å². The second kappa shape index (κ2) is 13.0. The first-order chi connectivity index (χ1) is 20.7.